The Morgan fingerprint density at radius 2 is 2.09 bits per heavy atom. The van der Waals surface area contributed by atoms with E-state index in [-0.39, 0.29) is 12.2 Å². The van der Waals surface area contributed by atoms with Crippen LogP contribution in [0.2, 0.25) is 0 Å². The van der Waals surface area contributed by atoms with Gasteiger partial charge in [-0.2, -0.15) is 0 Å². The highest BCUT2D eigenvalue weighted by Gasteiger charge is 2.25. The number of aliphatic imine (C=N–C) groups is 1. The van der Waals surface area contributed by atoms with Crippen LogP contribution < -0.4 is 26.3 Å². The summed E-state index contributed by atoms with van der Waals surface area (Å²) in [5.41, 5.74) is 17.0. The van der Waals surface area contributed by atoms with E-state index in [0.29, 0.717) is 30.3 Å². The van der Waals surface area contributed by atoms with E-state index in [9.17, 15) is 4.79 Å². The summed E-state index contributed by atoms with van der Waals surface area (Å²) in [7, 11) is 1.68. The minimum absolute atomic E-state index is 0.259. The van der Waals surface area contributed by atoms with Gasteiger partial charge in [0.1, 0.15) is 23.7 Å². The summed E-state index contributed by atoms with van der Waals surface area (Å²) in [6, 6.07) is 5.93. The maximum absolute atomic E-state index is 12.3. The standard InChI is InChI=1S/C25H32N4O3/c1-5-15-10-19-20(29-14-15)11-16(12-21(19)31-4)18-13-22(32-9-8-26)23(25(27)30)24(28-7-3)17(18)6-2/h7,11-15,28H,3,5-6,8-10,26H2,1-2,4H3,(H2,27,30). The highest BCUT2D eigenvalue weighted by Crippen LogP contribution is 2.43. The van der Waals surface area contributed by atoms with Crippen LogP contribution in [0.25, 0.3) is 11.1 Å². The second-order valence-electron chi connectivity index (χ2n) is 7.68. The predicted molar refractivity (Wildman–Crippen MR) is 130 cm³/mol. The number of anilines is 1. The molecule has 1 unspecified atom stereocenters. The number of rotatable bonds is 10. The van der Waals surface area contributed by atoms with Gasteiger partial charge in [-0.1, -0.05) is 20.4 Å². The molecule has 0 saturated heterocycles. The van der Waals surface area contributed by atoms with Gasteiger partial charge in [0.15, 0.2) is 0 Å². The van der Waals surface area contributed by atoms with Crippen LogP contribution in [0.5, 0.6) is 11.5 Å². The summed E-state index contributed by atoms with van der Waals surface area (Å²) < 4.78 is 11.6. The molecule has 7 nitrogen and oxygen atoms in total. The van der Waals surface area contributed by atoms with Crippen molar-refractivity contribution in [3.05, 3.63) is 47.7 Å². The van der Waals surface area contributed by atoms with Crippen LogP contribution in [-0.4, -0.2) is 32.4 Å². The minimum Gasteiger partial charge on any atom is -0.496 e. The van der Waals surface area contributed by atoms with Gasteiger partial charge in [0.25, 0.3) is 5.91 Å². The van der Waals surface area contributed by atoms with Crippen LogP contribution in [0.3, 0.4) is 0 Å². The number of primary amides is 1. The molecule has 5 N–H and O–H groups in total. The largest absolute Gasteiger partial charge is 0.496 e. The molecule has 1 aliphatic rings. The van der Waals surface area contributed by atoms with Gasteiger partial charge in [-0.3, -0.25) is 9.79 Å². The number of fused-ring (bicyclic) bond motifs is 1. The van der Waals surface area contributed by atoms with Crippen LogP contribution in [0, 0.1) is 5.92 Å². The Bertz CT molecular complexity index is 1050. The first-order valence-electron chi connectivity index (χ1n) is 10.9. The van der Waals surface area contributed by atoms with Gasteiger partial charge in [0.2, 0.25) is 0 Å². The van der Waals surface area contributed by atoms with Crippen molar-refractivity contribution >= 4 is 23.5 Å². The van der Waals surface area contributed by atoms with Gasteiger partial charge in [-0.15, -0.1) is 0 Å². The quantitative estimate of drug-likeness (QED) is 0.517. The van der Waals surface area contributed by atoms with Gasteiger partial charge in [0.05, 0.1) is 18.5 Å². The van der Waals surface area contributed by atoms with E-state index in [1.165, 1.54) is 6.20 Å². The highest BCUT2D eigenvalue weighted by molar-refractivity contribution is 6.04. The number of methoxy groups -OCH3 is 1. The van der Waals surface area contributed by atoms with Crippen molar-refractivity contribution in [2.75, 3.05) is 25.6 Å². The number of amides is 1. The fourth-order valence-corrected chi connectivity index (χ4v) is 4.15. The summed E-state index contributed by atoms with van der Waals surface area (Å²) in [4.78, 5) is 17.1. The Morgan fingerprint density at radius 3 is 2.69 bits per heavy atom. The molecular formula is C25H32N4O3. The Kier molecular flexibility index (Phi) is 7.53. The second-order valence-corrected chi connectivity index (χ2v) is 7.68. The van der Waals surface area contributed by atoms with E-state index in [1.54, 1.807) is 7.11 Å². The molecule has 7 heteroatoms. The van der Waals surface area contributed by atoms with Gasteiger partial charge in [0, 0.05) is 18.3 Å². The number of nitrogens with one attached hydrogen (secondary N) is 1. The molecule has 0 aliphatic carbocycles. The maximum Gasteiger partial charge on any atom is 0.254 e. The molecule has 2 aromatic rings. The monoisotopic (exact) mass is 436 g/mol. The average Bonchev–Trinajstić information content (AvgIpc) is 2.80. The first-order valence-corrected chi connectivity index (χ1v) is 10.9. The summed E-state index contributed by atoms with van der Waals surface area (Å²) in [5.74, 6) is 1.01. The molecule has 0 spiro atoms. The van der Waals surface area contributed by atoms with Crippen LogP contribution in [0.1, 0.15) is 41.8 Å². The van der Waals surface area contributed by atoms with Crippen molar-refractivity contribution in [2.24, 2.45) is 22.4 Å². The number of carbonyl (C=O) groups excluding carboxylic acids is 1. The molecular weight excluding hydrogens is 404 g/mol. The minimum atomic E-state index is -0.583. The lowest BCUT2D eigenvalue weighted by Crippen LogP contribution is -2.19. The lowest BCUT2D eigenvalue weighted by molar-refractivity contribution is 0.0997. The van der Waals surface area contributed by atoms with Crippen LogP contribution in [-0.2, 0) is 12.8 Å². The molecule has 170 valence electrons. The molecule has 1 aliphatic heterocycles. The lowest BCUT2D eigenvalue weighted by Gasteiger charge is -2.23. The summed E-state index contributed by atoms with van der Waals surface area (Å²) in [6.45, 7) is 8.52. The average molecular weight is 437 g/mol. The molecule has 2 aromatic carbocycles. The van der Waals surface area contributed by atoms with Gasteiger partial charge >= 0.3 is 0 Å². The van der Waals surface area contributed by atoms with Gasteiger partial charge in [-0.25, -0.2) is 0 Å². The fourth-order valence-electron chi connectivity index (χ4n) is 4.15. The molecule has 1 amide bonds. The first-order chi connectivity index (χ1) is 15.5. The third-order valence-electron chi connectivity index (χ3n) is 5.75. The molecule has 0 radical (unpaired) electrons. The predicted octanol–water partition coefficient (Wildman–Crippen LogP) is 4.20. The lowest BCUT2D eigenvalue weighted by atomic mass is 9.88. The third kappa shape index (κ3) is 4.48. The molecule has 1 heterocycles. The van der Waals surface area contributed by atoms with Crippen molar-refractivity contribution in [3.63, 3.8) is 0 Å². The number of nitrogens with zero attached hydrogens (tertiary/aromatic N) is 1. The van der Waals surface area contributed by atoms with E-state index in [2.05, 4.69) is 24.9 Å². The van der Waals surface area contributed by atoms with E-state index in [4.69, 9.17) is 25.9 Å². The molecule has 0 saturated carbocycles. The zero-order valence-corrected chi connectivity index (χ0v) is 19.0. The second kappa shape index (κ2) is 10.3. The van der Waals surface area contributed by atoms with Crippen molar-refractivity contribution in [1.29, 1.82) is 0 Å². The smallest absolute Gasteiger partial charge is 0.254 e. The van der Waals surface area contributed by atoms with E-state index in [1.807, 2.05) is 25.3 Å². The van der Waals surface area contributed by atoms with Crippen molar-refractivity contribution < 1.29 is 14.3 Å². The number of ether oxygens (including phenoxy) is 2. The van der Waals surface area contributed by atoms with Crippen molar-refractivity contribution in [3.8, 4) is 22.6 Å². The van der Waals surface area contributed by atoms with Crippen LogP contribution in [0.4, 0.5) is 11.4 Å². The topological polar surface area (TPSA) is 112 Å². The van der Waals surface area contributed by atoms with Gasteiger partial charge < -0.3 is 26.3 Å². The number of hydrogen-bond donors (Lipinski definition) is 3. The third-order valence-corrected chi connectivity index (χ3v) is 5.75. The zero-order chi connectivity index (χ0) is 23.3. The van der Waals surface area contributed by atoms with E-state index >= 15 is 0 Å². The number of nitrogens with two attached hydrogens (primary N) is 2. The molecule has 3 rings (SSSR count). The normalized spacial score (nSPS) is 14.6. The zero-order valence-electron chi connectivity index (χ0n) is 19.0. The highest BCUT2D eigenvalue weighted by atomic mass is 16.5. The first kappa shape index (κ1) is 23.3. The van der Waals surface area contributed by atoms with E-state index in [0.717, 1.165) is 46.5 Å². The van der Waals surface area contributed by atoms with Crippen molar-refractivity contribution in [1.82, 2.24) is 0 Å². The molecule has 32 heavy (non-hydrogen) atoms. The summed E-state index contributed by atoms with van der Waals surface area (Å²) >= 11 is 0. The Hall–Kier alpha value is -3.32. The summed E-state index contributed by atoms with van der Waals surface area (Å²) in [6.07, 6.45) is 6.13. The number of carbonyl (C=O) groups is 1. The summed E-state index contributed by atoms with van der Waals surface area (Å²) in [5, 5.41) is 3.10. The fraction of sp³-hybridized carbons (Fsp3) is 0.360. The number of hydrogen-bond acceptors (Lipinski definition) is 6. The van der Waals surface area contributed by atoms with Gasteiger partial charge in [-0.05, 0) is 66.3 Å². The van der Waals surface area contributed by atoms with E-state index < -0.39 is 5.91 Å². The Labute approximate surface area is 189 Å². The molecule has 0 aromatic heterocycles. The molecule has 0 fully saturated rings. The molecule has 1 atom stereocenters. The van der Waals surface area contributed by atoms with Crippen molar-refractivity contribution in [2.45, 2.75) is 33.1 Å². The SMILES string of the molecule is C=CNc1c(CC)c(-c2cc3c(c(OC)c2)CC(CC)C=N3)cc(OCCN)c1C(N)=O. The maximum atomic E-state index is 12.3. The van der Waals surface area contributed by atoms with Crippen LogP contribution in [0.15, 0.2) is 36.0 Å². The molecule has 0 bridgehead atoms. The Morgan fingerprint density at radius 1 is 1.31 bits per heavy atom. The number of benzene rings is 2. The Balaban J connectivity index is 2.28. The van der Waals surface area contributed by atoms with Crippen LogP contribution >= 0.6 is 0 Å².